The molecule has 0 aliphatic heterocycles. The Morgan fingerprint density at radius 1 is 1.22 bits per heavy atom. The number of pyridine rings is 1. The summed E-state index contributed by atoms with van der Waals surface area (Å²) in [5.41, 5.74) is 1.20. The van der Waals surface area contributed by atoms with Crippen molar-refractivity contribution in [2.24, 2.45) is 4.99 Å². The molecular weight excluding hydrogens is 357 g/mol. The lowest BCUT2D eigenvalue weighted by atomic mass is 10.1. The van der Waals surface area contributed by atoms with E-state index in [2.05, 4.69) is 9.98 Å². The summed E-state index contributed by atoms with van der Waals surface area (Å²) in [7, 11) is 5.09. The molecular formula is C19H23F3N4O. The molecule has 0 atom stereocenters. The van der Waals surface area contributed by atoms with Crippen molar-refractivity contribution >= 4 is 23.5 Å². The average Bonchev–Trinajstić information content (AvgIpc) is 2.65. The number of aromatic nitrogens is 1. The van der Waals surface area contributed by atoms with Crippen molar-refractivity contribution in [1.82, 2.24) is 9.88 Å². The highest BCUT2D eigenvalue weighted by molar-refractivity contribution is 5.74. The molecule has 0 N–H and O–H groups in total. The van der Waals surface area contributed by atoms with E-state index in [1.807, 2.05) is 25.8 Å². The van der Waals surface area contributed by atoms with Gasteiger partial charge < -0.3 is 14.5 Å². The van der Waals surface area contributed by atoms with Crippen LogP contribution in [0, 0.1) is 6.92 Å². The molecule has 0 saturated carbocycles. The number of nitrogens with zero attached hydrogens (tertiary/aromatic N) is 4. The van der Waals surface area contributed by atoms with Gasteiger partial charge >= 0.3 is 6.18 Å². The normalized spacial score (nSPS) is 11.7. The number of hydrogen-bond acceptors (Lipinski definition) is 4. The van der Waals surface area contributed by atoms with Crippen LogP contribution in [0.4, 0.5) is 30.4 Å². The fourth-order valence-corrected chi connectivity index (χ4v) is 2.39. The van der Waals surface area contributed by atoms with E-state index in [-0.39, 0.29) is 5.82 Å². The monoisotopic (exact) mass is 380 g/mol. The molecule has 146 valence electrons. The minimum atomic E-state index is -4.50. The van der Waals surface area contributed by atoms with Gasteiger partial charge in [0.15, 0.2) is 0 Å². The molecule has 0 unspecified atom stereocenters. The van der Waals surface area contributed by atoms with Crippen LogP contribution < -0.4 is 9.64 Å². The molecule has 0 amide bonds. The van der Waals surface area contributed by atoms with Gasteiger partial charge in [-0.15, -0.1) is 0 Å². The summed E-state index contributed by atoms with van der Waals surface area (Å²) in [6, 6.07) is 7.35. The number of aliphatic imine (C=N–C) groups is 1. The van der Waals surface area contributed by atoms with E-state index < -0.39 is 11.9 Å². The molecule has 0 aliphatic rings. The Kier molecular flexibility index (Phi) is 6.30. The number of methoxy groups -OCH3 is 1. The Bertz CT molecular complexity index is 821. The molecule has 0 spiro atoms. The quantitative estimate of drug-likeness (QED) is 0.533. The molecule has 5 nitrogen and oxygen atoms in total. The highest BCUT2D eigenvalue weighted by Crippen LogP contribution is 2.37. The lowest BCUT2D eigenvalue weighted by molar-refractivity contribution is -0.141. The Labute approximate surface area is 157 Å². The SMILES string of the molecule is CCN(C)/C=N/c1cc(OC)cc(N(C)c2cccc(C(F)(F)F)n2)c1C. The van der Waals surface area contributed by atoms with Crippen molar-refractivity contribution in [1.29, 1.82) is 0 Å². The van der Waals surface area contributed by atoms with Crippen molar-refractivity contribution in [2.45, 2.75) is 20.0 Å². The van der Waals surface area contributed by atoms with Crippen molar-refractivity contribution in [3.8, 4) is 5.75 Å². The van der Waals surface area contributed by atoms with E-state index in [1.165, 1.54) is 19.2 Å². The van der Waals surface area contributed by atoms with E-state index in [0.717, 1.165) is 18.2 Å². The first-order valence-corrected chi connectivity index (χ1v) is 8.38. The first kappa shape index (κ1) is 20.5. The van der Waals surface area contributed by atoms with Gasteiger partial charge in [-0.3, -0.25) is 0 Å². The Hall–Kier alpha value is -2.77. The van der Waals surface area contributed by atoms with Crippen molar-refractivity contribution in [2.75, 3.05) is 32.6 Å². The van der Waals surface area contributed by atoms with Crippen LogP contribution in [0.15, 0.2) is 35.3 Å². The zero-order valence-corrected chi connectivity index (χ0v) is 16.0. The predicted octanol–water partition coefficient (Wildman–Crippen LogP) is 4.80. The smallest absolute Gasteiger partial charge is 0.433 e. The Morgan fingerprint density at radius 3 is 2.52 bits per heavy atom. The fraction of sp³-hybridized carbons (Fsp3) is 0.368. The number of rotatable bonds is 6. The van der Waals surface area contributed by atoms with Gasteiger partial charge in [0.25, 0.3) is 0 Å². The summed E-state index contributed by atoms with van der Waals surface area (Å²) < 4.78 is 44.3. The van der Waals surface area contributed by atoms with Gasteiger partial charge in [-0.2, -0.15) is 13.2 Å². The summed E-state index contributed by atoms with van der Waals surface area (Å²) in [6.45, 7) is 4.66. The van der Waals surface area contributed by atoms with Gasteiger partial charge in [-0.05, 0) is 31.5 Å². The summed E-state index contributed by atoms with van der Waals surface area (Å²) in [4.78, 5) is 11.7. The highest BCUT2D eigenvalue weighted by Gasteiger charge is 2.32. The first-order valence-electron chi connectivity index (χ1n) is 8.38. The maximum Gasteiger partial charge on any atom is 0.433 e. The Balaban J connectivity index is 2.49. The summed E-state index contributed by atoms with van der Waals surface area (Å²) >= 11 is 0. The van der Waals surface area contributed by atoms with Crippen LogP contribution >= 0.6 is 0 Å². The van der Waals surface area contributed by atoms with Crippen molar-refractivity contribution < 1.29 is 17.9 Å². The van der Waals surface area contributed by atoms with E-state index >= 15 is 0 Å². The third-order valence-corrected chi connectivity index (χ3v) is 4.18. The maximum atomic E-state index is 13.0. The second-order valence-electron chi connectivity index (χ2n) is 6.05. The largest absolute Gasteiger partial charge is 0.497 e. The number of halogens is 3. The van der Waals surface area contributed by atoms with Crippen LogP contribution in [0.3, 0.4) is 0 Å². The van der Waals surface area contributed by atoms with E-state index in [4.69, 9.17) is 4.74 Å². The van der Waals surface area contributed by atoms with E-state index in [9.17, 15) is 13.2 Å². The summed E-state index contributed by atoms with van der Waals surface area (Å²) in [6.07, 6.45) is -2.80. The molecule has 0 aliphatic carbocycles. The number of anilines is 2. The van der Waals surface area contributed by atoms with Crippen molar-refractivity contribution in [3.05, 3.63) is 41.6 Å². The van der Waals surface area contributed by atoms with Crippen LogP contribution in [0.2, 0.25) is 0 Å². The van der Waals surface area contributed by atoms with Gasteiger partial charge in [0.1, 0.15) is 17.3 Å². The third-order valence-electron chi connectivity index (χ3n) is 4.18. The molecule has 0 fully saturated rings. The third kappa shape index (κ3) is 4.90. The number of ether oxygens (including phenoxy) is 1. The van der Waals surface area contributed by atoms with Gasteiger partial charge in [0, 0.05) is 32.8 Å². The van der Waals surface area contributed by atoms with Crippen LogP contribution in [-0.4, -0.2) is 44.0 Å². The molecule has 8 heteroatoms. The van der Waals surface area contributed by atoms with Crippen LogP contribution in [0.25, 0.3) is 0 Å². The molecule has 2 aromatic rings. The molecule has 27 heavy (non-hydrogen) atoms. The molecule has 1 aromatic carbocycles. The average molecular weight is 380 g/mol. The van der Waals surface area contributed by atoms with Crippen LogP contribution in [-0.2, 0) is 6.18 Å². The van der Waals surface area contributed by atoms with Gasteiger partial charge in [-0.25, -0.2) is 9.98 Å². The standard InChI is InChI=1S/C19H23F3N4O/c1-6-25(3)12-23-15-10-14(27-5)11-16(13(15)2)26(4)18-9-7-8-17(24-18)19(20,21)22/h7-12H,6H2,1-5H3/b23-12+. The number of benzene rings is 1. The molecule has 2 rings (SSSR count). The minimum Gasteiger partial charge on any atom is -0.497 e. The topological polar surface area (TPSA) is 41.0 Å². The lowest BCUT2D eigenvalue weighted by Gasteiger charge is -2.23. The van der Waals surface area contributed by atoms with Crippen LogP contribution in [0.1, 0.15) is 18.2 Å². The van der Waals surface area contributed by atoms with E-state index in [1.54, 1.807) is 30.4 Å². The number of hydrogen-bond donors (Lipinski definition) is 0. The molecule has 0 radical (unpaired) electrons. The first-order chi connectivity index (χ1) is 12.7. The molecule has 1 aromatic heterocycles. The second kappa shape index (κ2) is 8.28. The molecule has 0 saturated heterocycles. The predicted molar refractivity (Wildman–Crippen MR) is 101 cm³/mol. The van der Waals surface area contributed by atoms with Crippen molar-refractivity contribution in [3.63, 3.8) is 0 Å². The minimum absolute atomic E-state index is 0.182. The van der Waals surface area contributed by atoms with Gasteiger partial charge in [0.2, 0.25) is 0 Å². The maximum absolute atomic E-state index is 13.0. The lowest BCUT2D eigenvalue weighted by Crippen LogP contribution is -2.16. The van der Waals surface area contributed by atoms with E-state index in [0.29, 0.717) is 17.1 Å². The molecule has 0 bridgehead atoms. The van der Waals surface area contributed by atoms with Crippen LogP contribution in [0.5, 0.6) is 5.75 Å². The number of alkyl halides is 3. The summed E-state index contributed by atoms with van der Waals surface area (Å²) in [5.74, 6) is 0.738. The van der Waals surface area contributed by atoms with Gasteiger partial charge in [-0.1, -0.05) is 6.07 Å². The molecule has 1 heterocycles. The fourth-order valence-electron chi connectivity index (χ4n) is 2.39. The summed E-state index contributed by atoms with van der Waals surface area (Å²) in [5, 5.41) is 0. The zero-order chi connectivity index (χ0) is 20.2. The zero-order valence-electron chi connectivity index (χ0n) is 16.0. The second-order valence-corrected chi connectivity index (χ2v) is 6.05. The van der Waals surface area contributed by atoms with Gasteiger partial charge in [0.05, 0.1) is 24.8 Å². The highest BCUT2D eigenvalue weighted by atomic mass is 19.4. The Morgan fingerprint density at radius 2 is 1.93 bits per heavy atom.